The first-order valence-corrected chi connectivity index (χ1v) is 8.54. The van der Waals surface area contributed by atoms with Gasteiger partial charge in [0, 0.05) is 11.6 Å². The summed E-state index contributed by atoms with van der Waals surface area (Å²) in [5.41, 5.74) is 1.97. The van der Waals surface area contributed by atoms with E-state index in [1.165, 1.54) is 0 Å². The largest absolute Gasteiger partial charge is 0.497 e. The van der Waals surface area contributed by atoms with Gasteiger partial charge < -0.3 is 10.1 Å². The van der Waals surface area contributed by atoms with Crippen LogP contribution >= 0.6 is 11.6 Å². The SMILES string of the molecule is COc1ccc2cc([C@@H](C)C(=O)NCc3cccc(Cl)c3)ccc2c1. The van der Waals surface area contributed by atoms with Gasteiger partial charge in [-0.25, -0.2) is 0 Å². The van der Waals surface area contributed by atoms with E-state index in [0.29, 0.717) is 11.6 Å². The molecule has 3 aromatic rings. The van der Waals surface area contributed by atoms with Crippen molar-refractivity contribution >= 4 is 28.3 Å². The van der Waals surface area contributed by atoms with E-state index in [2.05, 4.69) is 11.4 Å². The number of hydrogen-bond donors (Lipinski definition) is 1. The van der Waals surface area contributed by atoms with E-state index in [1.807, 2.05) is 61.5 Å². The average Bonchev–Trinajstić information content (AvgIpc) is 2.64. The van der Waals surface area contributed by atoms with Crippen molar-refractivity contribution in [1.29, 1.82) is 0 Å². The lowest BCUT2D eigenvalue weighted by molar-refractivity contribution is -0.122. The topological polar surface area (TPSA) is 38.3 Å². The van der Waals surface area contributed by atoms with Gasteiger partial charge >= 0.3 is 0 Å². The Labute approximate surface area is 152 Å². The molecule has 3 rings (SSSR count). The fourth-order valence-corrected chi connectivity index (χ4v) is 2.99. The number of hydrogen-bond acceptors (Lipinski definition) is 2. The molecular weight excluding hydrogens is 334 g/mol. The quantitative estimate of drug-likeness (QED) is 0.706. The summed E-state index contributed by atoms with van der Waals surface area (Å²) in [5, 5.41) is 5.83. The maximum atomic E-state index is 12.5. The summed E-state index contributed by atoms with van der Waals surface area (Å²) >= 11 is 5.97. The van der Waals surface area contributed by atoms with E-state index in [4.69, 9.17) is 16.3 Å². The van der Waals surface area contributed by atoms with Crippen LogP contribution < -0.4 is 10.1 Å². The highest BCUT2D eigenvalue weighted by molar-refractivity contribution is 6.30. The van der Waals surface area contributed by atoms with Crippen molar-refractivity contribution < 1.29 is 9.53 Å². The van der Waals surface area contributed by atoms with E-state index in [0.717, 1.165) is 27.6 Å². The van der Waals surface area contributed by atoms with Crippen LogP contribution in [0.1, 0.15) is 24.0 Å². The summed E-state index contributed by atoms with van der Waals surface area (Å²) in [7, 11) is 1.65. The standard InChI is InChI=1S/C21H20ClNO2/c1-14(21(24)23-13-15-4-3-5-19(22)10-15)16-6-7-18-12-20(25-2)9-8-17(18)11-16/h3-12,14H,13H2,1-2H3,(H,23,24)/t14-/m1/s1. The van der Waals surface area contributed by atoms with Gasteiger partial charge in [-0.15, -0.1) is 0 Å². The maximum Gasteiger partial charge on any atom is 0.227 e. The summed E-state index contributed by atoms with van der Waals surface area (Å²) in [6, 6.07) is 19.5. The summed E-state index contributed by atoms with van der Waals surface area (Å²) in [5.74, 6) is 0.589. The first kappa shape index (κ1) is 17.3. The van der Waals surface area contributed by atoms with Gasteiger partial charge in [-0.1, -0.05) is 48.0 Å². The van der Waals surface area contributed by atoms with Gasteiger partial charge in [-0.3, -0.25) is 4.79 Å². The number of amides is 1. The monoisotopic (exact) mass is 353 g/mol. The number of carbonyl (C=O) groups excluding carboxylic acids is 1. The smallest absolute Gasteiger partial charge is 0.227 e. The number of nitrogens with one attached hydrogen (secondary N) is 1. The fraction of sp³-hybridized carbons (Fsp3) is 0.190. The van der Waals surface area contributed by atoms with Crippen LogP contribution in [-0.4, -0.2) is 13.0 Å². The van der Waals surface area contributed by atoms with Crippen molar-refractivity contribution in [3.63, 3.8) is 0 Å². The Morgan fingerprint density at radius 3 is 2.60 bits per heavy atom. The first-order valence-electron chi connectivity index (χ1n) is 8.16. The Morgan fingerprint density at radius 1 is 1.08 bits per heavy atom. The minimum absolute atomic E-state index is 0.00663. The zero-order valence-corrected chi connectivity index (χ0v) is 15.0. The van der Waals surface area contributed by atoms with Crippen LogP contribution in [0.2, 0.25) is 5.02 Å². The third-order valence-electron chi connectivity index (χ3n) is 4.32. The van der Waals surface area contributed by atoms with E-state index in [9.17, 15) is 4.79 Å². The second-order valence-corrected chi connectivity index (χ2v) is 6.48. The number of methoxy groups -OCH3 is 1. The molecule has 1 atom stereocenters. The molecule has 0 aliphatic heterocycles. The van der Waals surface area contributed by atoms with Crippen molar-refractivity contribution in [2.24, 2.45) is 0 Å². The van der Waals surface area contributed by atoms with Gasteiger partial charge in [0.15, 0.2) is 0 Å². The zero-order valence-electron chi connectivity index (χ0n) is 14.3. The molecule has 0 fully saturated rings. The molecule has 0 radical (unpaired) electrons. The molecule has 0 saturated heterocycles. The normalized spacial score (nSPS) is 12.0. The Bertz CT molecular complexity index is 907. The number of carbonyl (C=O) groups is 1. The molecule has 3 nitrogen and oxygen atoms in total. The van der Waals surface area contributed by atoms with Crippen LogP contribution in [-0.2, 0) is 11.3 Å². The Balaban J connectivity index is 1.72. The number of fused-ring (bicyclic) bond motifs is 1. The lowest BCUT2D eigenvalue weighted by atomic mass is 9.97. The molecule has 0 aliphatic carbocycles. The Morgan fingerprint density at radius 2 is 1.84 bits per heavy atom. The number of benzene rings is 3. The molecule has 4 heteroatoms. The molecule has 0 saturated carbocycles. The summed E-state index contributed by atoms with van der Waals surface area (Å²) < 4.78 is 5.25. The molecule has 128 valence electrons. The van der Waals surface area contributed by atoms with E-state index < -0.39 is 0 Å². The van der Waals surface area contributed by atoms with Crippen molar-refractivity contribution in [3.8, 4) is 5.75 Å². The molecule has 25 heavy (non-hydrogen) atoms. The second-order valence-electron chi connectivity index (χ2n) is 6.04. The van der Waals surface area contributed by atoms with Crippen LogP contribution in [0.25, 0.3) is 10.8 Å². The van der Waals surface area contributed by atoms with Gasteiger partial charge in [0.2, 0.25) is 5.91 Å². The van der Waals surface area contributed by atoms with E-state index in [1.54, 1.807) is 7.11 Å². The van der Waals surface area contributed by atoms with Crippen LogP contribution in [0.5, 0.6) is 5.75 Å². The van der Waals surface area contributed by atoms with E-state index in [-0.39, 0.29) is 11.8 Å². The molecule has 0 aliphatic rings. The molecule has 0 spiro atoms. The molecule has 3 aromatic carbocycles. The predicted octanol–water partition coefficient (Wildman–Crippen LogP) is 4.92. The summed E-state index contributed by atoms with van der Waals surface area (Å²) in [4.78, 5) is 12.5. The van der Waals surface area contributed by atoms with Crippen molar-refractivity contribution in [1.82, 2.24) is 5.32 Å². The zero-order chi connectivity index (χ0) is 17.8. The highest BCUT2D eigenvalue weighted by Crippen LogP contribution is 2.25. The van der Waals surface area contributed by atoms with Gasteiger partial charge in [0.25, 0.3) is 0 Å². The van der Waals surface area contributed by atoms with Gasteiger partial charge in [-0.05, 0) is 53.1 Å². The molecule has 0 aromatic heterocycles. The molecule has 1 N–H and O–H groups in total. The fourth-order valence-electron chi connectivity index (χ4n) is 2.78. The molecule has 1 amide bonds. The number of rotatable bonds is 5. The van der Waals surface area contributed by atoms with Crippen molar-refractivity contribution in [2.75, 3.05) is 7.11 Å². The van der Waals surface area contributed by atoms with Crippen molar-refractivity contribution in [3.05, 3.63) is 76.8 Å². The average molecular weight is 354 g/mol. The Hall–Kier alpha value is -2.52. The van der Waals surface area contributed by atoms with Crippen LogP contribution in [0.4, 0.5) is 0 Å². The molecule has 0 heterocycles. The third-order valence-corrected chi connectivity index (χ3v) is 4.56. The lowest BCUT2D eigenvalue weighted by Gasteiger charge is -2.14. The predicted molar refractivity (Wildman–Crippen MR) is 102 cm³/mol. The van der Waals surface area contributed by atoms with Crippen molar-refractivity contribution in [2.45, 2.75) is 19.4 Å². The second kappa shape index (κ2) is 7.58. The lowest BCUT2D eigenvalue weighted by Crippen LogP contribution is -2.27. The molecular formula is C21H20ClNO2. The van der Waals surface area contributed by atoms with Gasteiger partial charge in [0.05, 0.1) is 13.0 Å². The molecule has 0 bridgehead atoms. The van der Waals surface area contributed by atoms with Gasteiger partial charge in [-0.2, -0.15) is 0 Å². The summed E-state index contributed by atoms with van der Waals surface area (Å²) in [6.45, 7) is 2.38. The van der Waals surface area contributed by atoms with Gasteiger partial charge in [0.1, 0.15) is 5.75 Å². The first-order chi connectivity index (χ1) is 12.1. The van der Waals surface area contributed by atoms with Crippen LogP contribution in [0.15, 0.2) is 60.7 Å². The minimum Gasteiger partial charge on any atom is -0.497 e. The number of halogens is 1. The Kier molecular flexibility index (Phi) is 5.25. The van der Waals surface area contributed by atoms with Crippen LogP contribution in [0, 0.1) is 0 Å². The van der Waals surface area contributed by atoms with E-state index >= 15 is 0 Å². The minimum atomic E-state index is -0.231. The number of ether oxygens (including phenoxy) is 1. The molecule has 0 unspecified atom stereocenters. The van der Waals surface area contributed by atoms with Crippen LogP contribution in [0.3, 0.4) is 0 Å². The maximum absolute atomic E-state index is 12.5. The third kappa shape index (κ3) is 4.12. The highest BCUT2D eigenvalue weighted by atomic mass is 35.5. The summed E-state index contributed by atoms with van der Waals surface area (Å²) in [6.07, 6.45) is 0. The highest BCUT2D eigenvalue weighted by Gasteiger charge is 2.15.